The molecule has 0 aliphatic carbocycles. The molecule has 0 saturated carbocycles. The summed E-state index contributed by atoms with van der Waals surface area (Å²) in [5.41, 5.74) is 0.707. The number of carboxylic acids is 1. The van der Waals surface area contributed by atoms with E-state index in [0.717, 1.165) is 0 Å². The summed E-state index contributed by atoms with van der Waals surface area (Å²) >= 11 is 0. The van der Waals surface area contributed by atoms with Gasteiger partial charge in [0.1, 0.15) is 5.82 Å². The van der Waals surface area contributed by atoms with Crippen molar-refractivity contribution in [2.45, 2.75) is 6.54 Å². The van der Waals surface area contributed by atoms with E-state index in [9.17, 15) is 9.59 Å². The number of nitrogens with one attached hydrogen (secondary N) is 2. The molecule has 0 atom stereocenters. The van der Waals surface area contributed by atoms with Crippen LogP contribution in [0.3, 0.4) is 0 Å². The van der Waals surface area contributed by atoms with Gasteiger partial charge < -0.3 is 20.3 Å². The second-order valence-corrected chi connectivity index (χ2v) is 4.20. The largest absolute Gasteiger partial charge is 0.478 e. The fraction of sp³-hybridized carbons (Fsp3) is 0.154. The Morgan fingerprint density at radius 3 is 2.60 bits per heavy atom. The minimum absolute atomic E-state index is 0.173. The lowest BCUT2D eigenvalue weighted by Gasteiger charge is -2.16. The Morgan fingerprint density at radius 2 is 2.05 bits per heavy atom. The number of rotatable bonds is 4. The summed E-state index contributed by atoms with van der Waals surface area (Å²) in [5, 5.41) is 11.5. The lowest BCUT2D eigenvalue weighted by Crippen LogP contribution is -2.31. The highest BCUT2D eigenvalue weighted by Gasteiger charge is 2.11. The summed E-state index contributed by atoms with van der Waals surface area (Å²) in [4.78, 5) is 31.0. The minimum Gasteiger partial charge on any atom is -0.478 e. The third-order valence-corrected chi connectivity index (χ3v) is 2.67. The first-order chi connectivity index (χ1) is 9.56. The highest BCUT2D eigenvalue weighted by Crippen LogP contribution is 2.10. The van der Waals surface area contributed by atoms with E-state index in [-0.39, 0.29) is 11.6 Å². The fourth-order valence-electron chi connectivity index (χ4n) is 1.60. The number of hydrogen-bond acceptors (Lipinski definition) is 3. The molecule has 2 aromatic rings. The van der Waals surface area contributed by atoms with Gasteiger partial charge in [-0.05, 0) is 24.3 Å². The lowest BCUT2D eigenvalue weighted by atomic mass is 10.2. The summed E-state index contributed by atoms with van der Waals surface area (Å²) in [6.45, 7) is 0.353. The van der Waals surface area contributed by atoms with Crippen molar-refractivity contribution in [1.29, 1.82) is 0 Å². The molecule has 0 radical (unpaired) electrons. The highest BCUT2D eigenvalue weighted by atomic mass is 16.4. The number of carbonyl (C=O) groups excluding carboxylic acids is 1. The van der Waals surface area contributed by atoms with Gasteiger partial charge in [-0.1, -0.05) is 0 Å². The number of aromatic nitrogens is 2. The second kappa shape index (κ2) is 5.87. The number of H-pyrrole nitrogens is 1. The molecule has 0 saturated heterocycles. The standard InChI is InChI=1S/C13H14N4O3/c1-17(8-11-14-6-7-15-11)13(20)16-10-4-2-9(3-5-10)12(18)19/h2-7H,8H2,1H3,(H,14,15)(H,16,20)(H,18,19). The van der Waals surface area contributed by atoms with E-state index >= 15 is 0 Å². The number of hydrogen-bond donors (Lipinski definition) is 3. The average Bonchev–Trinajstić information content (AvgIpc) is 2.92. The number of carboxylic acid groups (broad SMARTS) is 1. The van der Waals surface area contributed by atoms with Crippen LogP contribution in [0.4, 0.5) is 10.5 Å². The molecule has 0 aliphatic rings. The van der Waals surface area contributed by atoms with Gasteiger partial charge in [-0.25, -0.2) is 14.6 Å². The van der Waals surface area contributed by atoms with E-state index in [1.807, 2.05) is 0 Å². The van der Waals surface area contributed by atoms with Crippen LogP contribution < -0.4 is 5.32 Å². The molecule has 0 bridgehead atoms. The summed E-state index contributed by atoms with van der Waals surface area (Å²) in [7, 11) is 1.64. The summed E-state index contributed by atoms with van der Waals surface area (Å²) in [6.07, 6.45) is 3.30. The minimum atomic E-state index is -1.00. The smallest absolute Gasteiger partial charge is 0.335 e. The number of nitrogens with zero attached hydrogens (tertiary/aromatic N) is 2. The number of anilines is 1. The third-order valence-electron chi connectivity index (χ3n) is 2.67. The normalized spacial score (nSPS) is 10.1. The molecule has 2 rings (SSSR count). The topological polar surface area (TPSA) is 98.3 Å². The Balaban J connectivity index is 1.95. The van der Waals surface area contributed by atoms with Gasteiger partial charge in [0.15, 0.2) is 0 Å². The van der Waals surface area contributed by atoms with Gasteiger partial charge in [-0.3, -0.25) is 0 Å². The predicted octanol–water partition coefficient (Wildman–Crippen LogP) is 1.77. The van der Waals surface area contributed by atoms with Gasteiger partial charge >= 0.3 is 12.0 Å². The Hall–Kier alpha value is -2.83. The molecular weight excluding hydrogens is 260 g/mol. The van der Waals surface area contributed by atoms with Crippen molar-refractivity contribution in [3.05, 3.63) is 48.0 Å². The molecule has 1 heterocycles. The monoisotopic (exact) mass is 274 g/mol. The van der Waals surface area contributed by atoms with Crippen molar-refractivity contribution >= 4 is 17.7 Å². The number of urea groups is 1. The molecule has 0 fully saturated rings. The first-order valence-corrected chi connectivity index (χ1v) is 5.90. The SMILES string of the molecule is CN(Cc1ncc[nH]1)C(=O)Nc1ccc(C(=O)O)cc1. The van der Waals surface area contributed by atoms with E-state index in [4.69, 9.17) is 5.11 Å². The van der Waals surface area contributed by atoms with E-state index in [1.54, 1.807) is 31.6 Å². The van der Waals surface area contributed by atoms with Crippen molar-refractivity contribution in [1.82, 2.24) is 14.9 Å². The van der Waals surface area contributed by atoms with Gasteiger partial charge in [0.05, 0.1) is 12.1 Å². The molecule has 7 nitrogen and oxygen atoms in total. The van der Waals surface area contributed by atoms with Gasteiger partial charge in [-0.15, -0.1) is 0 Å². The Morgan fingerprint density at radius 1 is 1.35 bits per heavy atom. The number of amides is 2. The predicted molar refractivity (Wildman–Crippen MR) is 72.5 cm³/mol. The van der Waals surface area contributed by atoms with Crippen LogP contribution in [0.15, 0.2) is 36.7 Å². The number of aromatic carboxylic acids is 1. The number of benzene rings is 1. The zero-order valence-electron chi connectivity index (χ0n) is 10.8. The van der Waals surface area contributed by atoms with Crippen molar-refractivity contribution < 1.29 is 14.7 Å². The molecular formula is C13H14N4O3. The quantitative estimate of drug-likeness (QED) is 0.791. The molecule has 7 heteroatoms. The zero-order valence-corrected chi connectivity index (χ0v) is 10.8. The second-order valence-electron chi connectivity index (χ2n) is 4.20. The van der Waals surface area contributed by atoms with Gasteiger partial charge in [0.2, 0.25) is 0 Å². The van der Waals surface area contributed by atoms with Crippen LogP contribution in [-0.4, -0.2) is 39.0 Å². The first-order valence-electron chi connectivity index (χ1n) is 5.90. The van der Waals surface area contributed by atoms with E-state index in [1.165, 1.54) is 17.0 Å². The van der Waals surface area contributed by atoms with Crippen molar-refractivity contribution in [2.75, 3.05) is 12.4 Å². The van der Waals surface area contributed by atoms with Crippen LogP contribution in [-0.2, 0) is 6.54 Å². The molecule has 104 valence electrons. The molecule has 20 heavy (non-hydrogen) atoms. The van der Waals surface area contributed by atoms with Crippen LogP contribution >= 0.6 is 0 Å². The van der Waals surface area contributed by atoms with Crippen LogP contribution in [0.25, 0.3) is 0 Å². The van der Waals surface area contributed by atoms with Crippen LogP contribution in [0.2, 0.25) is 0 Å². The fourth-order valence-corrected chi connectivity index (χ4v) is 1.60. The molecule has 0 spiro atoms. The molecule has 1 aromatic carbocycles. The van der Waals surface area contributed by atoms with Gasteiger partial charge in [0, 0.05) is 25.1 Å². The molecule has 0 aliphatic heterocycles. The maximum atomic E-state index is 11.9. The number of carbonyl (C=O) groups is 2. The van der Waals surface area contributed by atoms with Crippen LogP contribution in [0, 0.1) is 0 Å². The average molecular weight is 274 g/mol. The third kappa shape index (κ3) is 3.35. The van der Waals surface area contributed by atoms with E-state index in [2.05, 4.69) is 15.3 Å². The maximum Gasteiger partial charge on any atom is 0.335 e. The summed E-state index contributed by atoms with van der Waals surface area (Å²) < 4.78 is 0. The number of aromatic amines is 1. The number of imidazole rings is 1. The maximum absolute atomic E-state index is 11.9. The molecule has 3 N–H and O–H groups in total. The molecule has 2 amide bonds. The van der Waals surface area contributed by atoms with Crippen molar-refractivity contribution in [3.8, 4) is 0 Å². The van der Waals surface area contributed by atoms with E-state index in [0.29, 0.717) is 18.1 Å². The van der Waals surface area contributed by atoms with Gasteiger partial charge in [-0.2, -0.15) is 0 Å². The zero-order chi connectivity index (χ0) is 14.5. The highest BCUT2D eigenvalue weighted by molar-refractivity contribution is 5.91. The first kappa shape index (κ1) is 13.6. The van der Waals surface area contributed by atoms with Crippen LogP contribution in [0.1, 0.15) is 16.2 Å². The summed E-state index contributed by atoms with van der Waals surface area (Å²) in [6, 6.07) is 5.66. The Bertz CT molecular complexity index is 593. The van der Waals surface area contributed by atoms with Crippen molar-refractivity contribution in [3.63, 3.8) is 0 Å². The Kier molecular flexibility index (Phi) is 3.99. The Labute approximate surface area is 115 Å². The van der Waals surface area contributed by atoms with Crippen molar-refractivity contribution in [2.24, 2.45) is 0 Å². The van der Waals surface area contributed by atoms with Gasteiger partial charge in [0.25, 0.3) is 0 Å². The van der Waals surface area contributed by atoms with Crippen LogP contribution in [0.5, 0.6) is 0 Å². The summed E-state index contributed by atoms with van der Waals surface area (Å²) in [5.74, 6) is -0.318. The molecule has 1 aromatic heterocycles. The van der Waals surface area contributed by atoms with E-state index < -0.39 is 5.97 Å². The molecule has 0 unspecified atom stereocenters. The lowest BCUT2D eigenvalue weighted by molar-refractivity contribution is 0.0697.